The first kappa shape index (κ1) is 42.1. The molecule has 244 valence electrons. The second kappa shape index (κ2) is 43.5. The highest BCUT2D eigenvalue weighted by Crippen LogP contribution is 2.15. The van der Waals surface area contributed by atoms with Crippen LogP contribution in [-0.2, 0) is 0 Å². The van der Waals surface area contributed by atoms with Crippen molar-refractivity contribution in [2.75, 3.05) is 0 Å². The molecule has 0 nitrogen and oxygen atoms in total. The van der Waals surface area contributed by atoms with E-state index in [-0.39, 0.29) is 0 Å². The highest BCUT2D eigenvalue weighted by Gasteiger charge is 1.96. The van der Waals surface area contributed by atoms with E-state index in [1.54, 1.807) is 0 Å². The predicted octanol–water partition coefficient (Wildman–Crippen LogP) is 16.1. The Bertz CT molecular complexity index is 300. The summed E-state index contributed by atoms with van der Waals surface area (Å²) in [6, 6.07) is 0. The van der Waals surface area contributed by atoms with Crippen molar-refractivity contribution in [3.05, 3.63) is 0 Å². The van der Waals surface area contributed by atoms with E-state index in [0.717, 1.165) is 0 Å². The largest absolute Gasteiger partial charge is 0.0654 e. The van der Waals surface area contributed by atoms with Gasteiger partial charge in [0, 0.05) is 0 Å². The first-order valence-corrected chi connectivity index (χ1v) is 19.8. The third kappa shape index (κ3) is 45.0. The molecule has 0 radical (unpaired) electrons. The summed E-state index contributed by atoms with van der Waals surface area (Å²) >= 11 is 0. The molecule has 0 aliphatic heterocycles. The SMILES string of the molecule is CCCCCCCCCCCCCCCCCCCC.CCCCCCCCCCCCCCCCCCCC. The molecule has 0 heterocycles. The fraction of sp³-hybridized carbons (Fsp3) is 1.00. The number of rotatable bonds is 34. The van der Waals surface area contributed by atoms with Crippen LogP contribution in [0.5, 0.6) is 0 Å². The lowest BCUT2D eigenvalue weighted by molar-refractivity contribution is 0.526. The summed E-state index contributed by atoms with van der Waals surface area (Å²) in [4.78, 5) is 0. The lowest BCUT2D eigenvalue weighted by Gasteiger charge is -2.03. The van der Waals surface area contributed by atoms with Gasteiger partial charge in [0.15, 0.2) is 0 Å². The van der Waals surface area contributed by atoms with Crippen molar-refractivity contribution in [2.45, 2.75) is 259 Å². The minimum absolute atomic E-state index is 1.37. The standard InChI is InChI=1S/2C20H42/c2*1-3-5-7-9-11-13-15-17-19-20-18-16-14-12-10-8-6-4-2/h2*3-20H2,1-2H3. The lowest BCUT2D eigenvalue weighted by atomic mass is 10.0. The first-order chi connectivity index (χ1) is 19.8. The zero-order chi connectivity index (χ0) is 29.5. The Balaban J connectivity index is 0. The zero-order valence-corrected chi connectivity index (χ0v) is 29.5. The highest BCUT2D eigenvalue weighted by molar-refractivity contribution is 4.51. The van der Waals surface area contributed by atoms with Crippen LogP contribution in [0.3, 0.4) is 0 Å². The van der Waals surface area contributed by atoms with Gasteiger partial charge in [0.1, 0.15) is 0 Å². The van der Waals surface area contributed by atoms with Crippen LogP contribution in [0.4, 0.5) is 0 Å². The smallest absolute Gasteiger partial charge is 0.0533 e. The van der Waals surface area contributed by atoms with Gasteiger partial charge in [-0.25, -0.2) is 0 Å². The molecule has 0 heteroatoms. The Morgan fingerprint density at radius 2 is 0.200 bits per heavy atom. The molecule has 0 aromatic rings. The number of unbranched alkanes of at least 4 members (excludes halogenated alkanes) is 34. The van der Waals surface area contributed by atoms with E-state index in [2.05, 4.69) is 27.7 Å². The van der Waals surface area contributed by atoms with E-state index in [9.17, 15) is 0 Å². The maximum absolute atomic E-state index is 2.30. The summed E-state index contributed by atoms with van der Waals surface area (Å²) < 4.78 is 0. The molecule has 0 aliphatic carbocycles. The van der Waals surface area contributed by atoms with Crippen LogP contribution in [0.2, 0.25) is 0 Å². The Kier molecular flexibility index (Phi) is 45.8. The summed E-state index contributed by atoms with van der Waals surface area (Å²) in [5.41, 5.74) is 0. The zero-order valence-electron chi connectivity index (χ0n) is 29.5. The minimum atomic E-state index is 1.37. The second-order valence-corrected chi connectivity index (χ2v) is 13.3. The van der Waals surface area contributed by atoms with Crippen molar-refractivity contribution >= 4 is 0 Å². The Morgan fingerprint density at radius 1 is 0.125 bits per heavy atom. The van der Waals surface area contributed by atoms with Crippen LogP contribution in [-0.4, -0.2) is 0 Å². The van der Waals surface area contributed by atoms with Gasteiger partial charge in [0.05, 0.1) is 0 Å². The van der Waals surface area contributed by atoms with Gasteiger partial charge < -0.3 is 0 Å². The summed E-state index contributed by atoms with van der Waals surface area (Å²) in [5, 5.41) is 0. The monoisotopic (exact) mass is 565 g/mol. The van der Waals surface area contributed by atoms with Gasteiger partial charge in [-0.1, -0.05) is 259 Å². The average molecular weight is 565 g/mol. The van der Waals surface area contributed by atoms with Gasteiger partial charge in [-0.15, -0.1) is 0 Å². The molecule has 40 heavy (non-hydrogen) atoms. The molecule has 0 aromatic carbocycles. The molecule has 0 fully saturated rings. The van der Waals surface area contributed by atoms with E-state index < -0.39 is 0 Å². The van der Waals surface area contributed by atoms with Crippen LogP contribution < -0.4 is 0 Å². The van der Waals surface area contributed by atoms with Crippen LogP contribution in [0.25, 0.3) is 0 Å². The number of hydrogen-bond donors (Lipinski definition) is 0. The molecule has 0 aliphatic rings. The molecule has 0 aromatic heterocycles. The van der Waals surface area contributed by atoms with E-state index >= 15 is 0 Å². The van der Waals surface area contributed by atoms with Crippen LogP contribution in [0.1, 0.15) is 259 Å². The molecule has 0 N–H and O–H groups in total. The van der Waals surface area contributed by atoms with Crippen molar-refractivity contribution in [3.8, 4) is 0 Å². The van der Waals surface area contributed by atoms with Crippen molar-refractivity contribution in [1.29, 1.82) is 0 Å². The van der Waals surface area contributed by atoms with Gasteiger partial charge in [0.25, 0.3) is 0 Å². The van der Waals surface area contributed by atoms with Gasteiger partial charge >= 0.3 is 0 Å². The molecule has 0 atom stereocenters. The third-order valence-electron chi connectivity index (χ3n) is 8.91. The Morgan fingerprint density at radius 3 is 0.275 bits per heavy atom. The van der Waals surface area contributed by atoms with Gasteiger partial charge in [-0.05, 0) is 0 Å². The quantitative estimate of drug-likeness (QED) is 0.0682. The molecule has 0 spiro atoms. The molecule has 0 amide bonds. The van der Waals surface area contributed by atoms with Gasteiger partial charge in [-0.2, -0.15) is 0 Å². The molecule has 0 rings (SSSR count). The van der Waals surface area contributed by atoms with Crippen molar-refractivity contribution in [3.63, 3.8) is 0 Å². The minimum Gasteiger partial charge on any atom is -0.0654 e. The summed E-state index contributed by atoms with van der Waals surface area (Å²) in [6.45, 7) is 9.19. The van der Waals surface area contributed by atoms with E-state index in [1.165, 1.54) is 231 Å². The van der Waals surface area contributed by atoms with Crippen molar-refractivity contribution in [2.24, 2.45) is 0 Å². The predicted molar refractivity (Wildman–Crippen MR) is 189 cm³/mol. The molecule has 0 bridgehead atoms. The van der Waals surface area contributed by atoms with Crippen LogP contribution in [0.15, 0.2) is 0 Å². The molecule has 0 saturated carbocycles. The second-order valence-electron chi connectivity index (χ2n) is 13.3. The first-order valence-electron chi connectivity index (χ1n) is 19.8. The lowest BCUT2D eigenvalue weighted by Crippen LogP contribution is -1.83. The topological polar surface area (TPSA) is 0 Å². The maximum Gasteiger partial charge on any atom is -0.0533 e. The summed E-state index contributed by atoms with van der Waals surface area (Å²) in [7, 11) is 0. The molecular formula is C40H84. The Labute approximate surface area is 258 Å². The molecular weight excluding hydrogens is 480 g/mol. The van der Waals surface area contributed by atoms with Crippen LogP contribution in [0, 0.1) is 0 Å². The molecule has 0 saturated heterocycles. The van der Waals surface area contributed by atoms with Crippen molar-refractivity contribution in [1.82, 2.24) is 0 Å². The normalized spacial score (nSPS) is 11.1. The van der Waals surface area contributed by atoms with Crippen LogP contribution >= 0.6 is 0 Å². The van der Waals surface area contributed by atoms with Gasteiger partial charge in [0.2, 0.25) is 0 Å². The fourth-order valence-electron chi connectivity index (χ4n) is 5.95. The highest BCUT2D eigenvalue weighted by atomic mass is 14.0. The Hall–Kier alpha value is 0. The summed E-state index contributed by atoms with van der Waals surface area (Å²) in [5.74, 6) is 0. The molecule has 0 unspecified atom stereocenters. The maximum atomic E-state index is 2.30. The number of hydrogen-bond acceptors (Lipinski definition) is 0. The van der Waals surface area contributed by atoms with E-state index in [4.69, 9.17) is 0 Å². The third-order valence-corrected chi connectivity index (χ3v) is 8.91. The average Bonchev–Trinajstić information content (AvgIpc) is 2.97. The fourth-order valence-corrected chi connectivity index (χ4v) is 5.95. The van der Waals surface area contributed by atoms with E-state index in [0.29, 0.717) is 0 Å². The summed E-state index contributed by atoms with van der Waals surface area (Å²) in [6.07, 6.45) is 52.8. The van der Waals surface area contributed by atoms with E-state index in [1.807, 2.05) is 0 Å². The van der Waals surface area contributed by atoms with Crippen molar-refractivity contribution < 1.29 is 0 Å². The van der Waals surface area contributed by atoms with Gasteiger partial charge in [-0.3, -0.25) is 0 Å².